The third-order valence-corrected chi connectivity index (χ3v) is 3.89. The lowest BCUT2D eigenvalue weighted by Crippen LogP contribution is -2.24. The molecule has 1 aliphatic heterocycles. The maximum Gasteiger partial charge on any atom is 0.161 e. The fraction of sp³-hybridized carbons (Fsp3) is 0.375. The molecule has 21 heavy (non-hydrogen) atoms. The predicted molar refractivity (Wildman–Crippen MR) is 87.0 cm³/mol. The van der Waals surface area contributed by atoms with Crippen molar-refractivity contribution >= 4 is 23.0 Å². The van der Waals surface area contributed by atoms with E-state index < -0.39 is 0 Å². The Bertz CT molecular complexity index is 593. The zero-order valence-electron chi connectivity index (χ0n) is 12.4. The van der Waals surface area contributed by atoms with Gasteiger partial charge in [0.2, 0.25) is 0 Å². The molecule has 0 radical (unpaired) electrons. The van der Waals surface area contributed by atoms with E-state index in [4.69, 9.17) is 5.73 Å². The number of anilines is 4. The molecule has 0 aliphatic carbocycles. The Kier molecular flexibility index (Phi) is 3.90. The molecule has 0 unspecified atom stereocenters. The molecule has 0 bridgehead atoms. The molecule has 0 saturated carbocycles. The Morgan fingerprint density at radius 1 is 1.14 bits per heavy atom. The van der Waals surface area contributed by atoms with E-state index in [2.05, 4.69) is 38.8 Å². The van der Waals surface area contributed by atoms with Crippen LogP contribution < -0.4 is 15.5 Å². The number of rotatable bonds is 4. The minimum absolute atomic E-state index is 0.671. The van der Waals surface area contributed by atoms with E-state index in [0.717, 1.165) is 37.0 Å². The number of hydrogen-bond donors (Lipinski definition) is 1. The molecule has 1 fully saturated rings. The van der Waals surface area contributed by atoms with Gasteiger partial charge in [-0.25, -0.2) is 9.97 Å². The summed E-state index contributed by atoms with van der Waals surface area (Å²) in [5.41, 5.74) is 8.14. The van der Waals surface area contributed by atoms with Crippen molar-refractivity contribution in [2.45, 2.75) is 19.8 Å². The normalized spacial score (nSPS) is 14.4. The van der Waals surface area contributed by atoms with Crippen molar-refractivity contribution < 1.29 is 0 Å². The lowest BCUT2D eigenvalue weighted by Gasteiger charge is -2.26. The van der Waals surface area contributed by atoms with Crippen LogP contribution in [0.5, 0.6) is 0 Å². The van der Waals surface area contributed by atoms with Crippen molar-refractivity contribution in [3.05, 3.63) is 36.7 Å². The Balaban J connectivity index is 1.99. The van der Waals surface area contributed by atoms with Crippen LogP contribution in [0.4, 0.5) is 23.0 Å². The molecule has 0 atom stereocenters. The average molecular weight is 283 g/mol. The van der Waals surface area contributed by atoms with Crippen molar-refractivity contribution in [1.29, 1.82) is 0 Å². The number of nitrogens with zero attached hydrogens (tertiary/aromatic N) is 4. The summed E-state index contributed by atoms with van der Waals surface area (Å²) in [6.45, 7) is 4.96. The van der Waals surface area contributed by atoms with E-state index >= 15 is 0 Å². The number of hydrogen-bond acceptors (Lipinski definition) is 5. The zero-order chi connectivity index (χ0) is 14.7. The summed E-state index contributed by atoms with van der Waals surface area (Å²) in [5.74, 6) is 1.66. The van der Waals surface area contributed by atoms with Crippen LogP contribution in [-0.4, -0.2) is 29.6 Å². The van der Waals surface area contributed by atoms with Gasteiger partial charge in [-0.2, -0.15) is 0 Å². The van der Waals surface area contributed by atoms with Gasteiger partial charge in [0, 0.05) is 25.3 Å². The van der Waals surface area contributed by atoms with Gasteiger partial charge in [0.15, 0.2) is 11.6 Å². The van der Waals surface area contributed by atoms with Gasteiger partial charge < -0.3 is 15.5 Å². The SMILES string of the molecule is CCN(c1ccccc1)c1ncnc(N2CCCC2)c1N. The highest BCUT2D eigenvalue weighted by Crippen LogP contribution is 2.34. The molecule has 5 nitrogen and oxygen atoms in total. The summed E-state index contributed by atoms with van der Waals surface area (Å²) in [7, 11) is 0. The first-order valence-corrected chi connectivity index (χ1v) is 7.49. The first-order chi connectivity index (χ1) is 10.3. The second-order valence-electron chi connectivity index (χ2n) is 5.21. The molecule has 0 spiro atoms. The number of benzene rings is 1. The minimum atomic E-state index is 0.671. The lowest BCUT2D eigenvalue weighted by atomic mass is 10.2. The van der Waals surface area contributed by atoms with E-state index in [1.807, 2.05) is 18.2 Å². The Morgan fingerprint density at radius 3 is 2.52 bits per heavy atom. The van der Waals surface area contributed by atoms with Gasteiger partial charge in [-0.05, 0) is 31.9 Å². The Labute approximate surface area is 125 Å². The van der Waals surface area contributed by atoms with Crippen LogP contribution in [0.2, 0.25) is 0 Å². The number of aromatic nitrogens is 2. The van der Waals surface area contributed by atoms with Crippen LogP contribution in [0.25, 0.3) is 0 Å². The number of nitrogen functional groups attached to an aromatic ring is 1. The summed E-state index contributed by atoms with van der Waals surface area (Å²) in [4.78, 5) is 13.2. The van der Waals surface area contributed by atoms with Crippen LogP contribution >= 0.6 is 0 Å². The molecule has 2 heterocycles. The maximum atomic E-state index is 6.37. The highest BCUT2D eigenvalue weighted by atomic mass is 15.3. The fourth-order valence-corrected chi connectivity index (χ4v) is 2.84. The second-order valence-corrected chi connectivity index (χ2v) is 5.21. The standard InChI is InChI=1S/C16H21N5/c1-2-21(13-8-4-3-5-9-13)16-14(17)15(18-12-19-16)20-10-6-7-11-20/h3-5,8-9,12H,2,6-7,10-11,17H2,1H3. The van der Waals surface area contributed by atoms with E-state index in [1.165, 1.54) is 12.8 Å². The summed E-state index contributed by atoms with van der Waals surface area (Å²) in [5, 5.41) is 0. The van der Waals surface area contributed by atoms with Crippen molar-refractivity contribution in [3.8, 4) is 0 Å². The molecule has 3 rings (SSSR count). The summed E-state index contributed by atoms with van der Waals surface area (Å²) >= 11 is 0. The minimum Gasteiger partial charge on any atom is -0.393 e. The first-order valence-electron chi connectivity index (χ1n) is 7.49. The van der Waals surface area contributed by atoms with Crippen LogP contribution in [0, 0.1) is 0 Å². The van der Waals surface area contributed by atoms with Gasteiger partial charge in [0.25, 0.3) is 0 Å². The molecule has 2 aromatic rings. The molecule has 0 amide bonds. The number of nitrogens with two attached hydrogens (primary N) is 1. The number of para-hydroxylation sites is 1. The van der Waals surface area contributed by atoms with Gasteiger partial charge >= 0.3 is 0 Å². The topological polar surface area (TPSA) is 58.3 Å². The summed E-state index contributed by atoms with van der Waals surface area (Å²) in [6.07, 6.45) is 4.02. The molecule has 1 saturated heterocycles. The Hall–Kier alpha value is -2.30. The molecule has 1 aromatic heterocycles. The van der Waals surface area contributed by atoms with Gasteiger partial charge in [0.05, 0.1) is 0 Å². The van der Waals surface area contributed by atoms with Gasteiger partial charge in [-0.15, -0.1) is 0 Å². The monoisotopic (exact) mass is 283 g/mol. The van der Waals surface area contributed by atoms with Gasteiger partial charge in [-0.3, -0.25) is 0 Å². The second kappa shape index (κ2) is 5.99. The highest BCUT2D eigenvalue weighted by molar-refractivity contribution is 5.79. The fourth-order valence-electron chi connectivity index (χ4n) is 2.84. The largest absolute Gasteiger partial charge is 0.393 e. The van der Waals surface area contributed by atoms with Gasteiger partial charge in [0.1, 0.15) is 12.0 Å². The molecule has 110 valence electrons. The van der Waals surface area contributed by atoms with Crippen LogP contribution in [0.15, 0.2) is 36.7 Å². The van der Waals surface area contributed by atoms with Crippen LogP contribution in [0.3, 0.4) is 0 Å². The quantitative estimate of drug-likeness (QED) is 0.935. The maximum absolute atomic E-state index is 6.37. The van der Waals surface area contributed by atoms with Crippen LogP contribution in [-0.2, 0) is 0 Å². The van der Waals surface area contributed by atoms with E-state index in [0.29, 0.717) is 5.69 Å². The molecular weight excluding hydrogens is 262 g/mol. The summed E-state index contributed by atoms with van der Waals surface area (Å²) < 4.78 is 0. The average Bonchev–Trinajstić information content (AvgIpc) is 3.05. The molecule has 5 heteroatoms. The molecule has 2 N–H and O–H groups in total. The summed E-state index contributed by atoms with van der Waals surface area (Å²) in [6, 6.07) is 10.2. The lowest BCUT2D eigenvalue weighted by molar-refractivity contribution is 0.917. The Morgan fingerprint density at radius 2 is 1.86 bits per heavy atom. The third kappa shape index (κ3) is 2.63. The smallest absolute Gasteiger partial charge is 0.161 e. The van der Waals surface area contributed by atoms with Crippen molar-refractivity contribution in [2.75, 3.05) is 35.2 Å². The predicted octanol–water partition coefficient (Wildman–Crippen LogP) is 2.82. The van der Waals surface area contributed by atoms with E-state index in [9.17, 15) is 0 Å². The molecular formula is C16H21N5. The molecule has 1 aliphatic rings. The first kappa shape index (κ1) is 13.7. The third-order valence-electron chi connectivity index (χ3n) is 3.89. The molecule has 1 aromatic carbocycles. The highest BCUT2D eigenvalue weighted by Gasteiger charge is 2.21. The van der Waals surface area contributed by atoms with Gasteiger partial charge in [-0.1, -0.05) is 18.2 Å². The van der Waals surface area contributed by atoms with E-state index in [-0.39, 0.29) is 0 Å². The van der Waals surface area contributed by atoms with Crippen molar-refractivity contribution in [2.24, 2.45) is 0 Å². The zero-order valence-corrected chi connectivity index (χ0v) is 12.4. The van der Waals surface area contributed by atoms with Crippen molar-refractivity contribution in [1.82, 2.24) is 9.97 Å². The van der Waals surface area contributed by atoms with Crippen LogP contribution in [0.1, 0.15) is 19.8 Å². The van der Waals surface area contributed by atoms with E-state index in [1.54, 1.807) is 6.33 Å². The van der Waals surface area contributed by atoms with Crippen molar-refractivity contribution in [3.63, 3.8) is 0 Å².